The van der Waals surface area contributed by atoms with Gasteiger partial charge in [-0.2, -0.15) is 4.73 Å². The van der Waals surface area contributed by atoms with E-state index < -0.39 is 11.0 Å². The zero-order valence-electron chi connectivity index (χ0n) is 20.3. The average Bonchev–Trinajstić information content (AvgIpc) is 3.45. The van der Waals surface area contributed by atoms with Crippen molar-refractivity contribution in [2.24, 2.45) is 0 Å². The van der Waals surface area contributed by atoms with Crippen LogP contribution in [0.5, 0.6) is 5.75 Å². The number of aromatic nitrogens is 4. The largest absolute Gasteiger partial charge is 0.491 e. The first-order chi connectivity index (χ1) is 18.1. The molecule has 8 heteroatoms. The lowest BCUT2D eigenvalue weighted by atomic mass is 10.1. The molecule has 3 aromatic heterocycles. The van der Waals surface area contributed by atoms with Crippen LogP contribution in [0.3, 0.4) is 0 Å². The summed E-state index contributed by atoms with van der Waals surface area (Å²) in [6.07, 6.45) is 4.33. The lowest BCUT2D eigenvalue weighted by Gasteiger charge is -2.19. The summed E-state index contributed by atoms with van der Waals surface area (Å²) in [5, 5.41) is 3.97. The van der Waals surface area contributed by atoms with Crippen LogP contribution in [-0.4, -0.2) is 32.9 Å². The van der Waals surface area contributed by atoms with Crippen LogP contribution in [0.15, 0.2) is 82.6 Å². The molecule has 2 aliphatic rings. The van der Waals surface area contributed by atoms with Crippen LogP contribution >= 0.6 is 0 Å². The molecule has 0 N–H and O–H groups in total. The molecule has 2 aliphatic heterocycles. The molecule has 8 nitrogen and oxygen atoms in total. The van der Waals surface area contributed by atoms with Crippen molar-refractivity contribution in [2.75, 3.05) is 14.2 Å². The Balaban J connectivity index is 1.43. The third-order valence-electron chi connectivity index (χ3n) is 7.26. The van der Waals surface area contributed by atoms with E-state index in [2.05, 4.69) is 6.07 Å². The molecule has 182 valence electrons. The summed E-state index contributed by atoms with van der Waals surface area (Å²) in [4.78, 5) is 36.7. The summed E-state index contributed by atoms with van der Waals surface area (Å²) in [5.74, 6) is 0.0584. The van der Waals surface area contributed by atoms with Gasteiger partial charge in [0.2, 0.25) is 0 Å². The lowest BCUT2D eigenvalue weighted by molar-refractivity contribution is 0.189. The van der Waals surface area contributed by atoms with Gasteiger partial charge in [-0.1, -0.05) is 36.4 Å². The van der Waals surface area contributed by atoms with E-state index in [0.29, 0.717) is 29.9 Å². The van der Waals surface area contributed by atoms with Crippen LogP contribution in [0.25, 0.3) is 49.5 Å². The van der Waals surface area contributed by atoms with E-state index >= 15 is 0 Å². The minimum absolute atomic E-state index is 0.0584. The van der Waals surface area contributed by atoms with Crippen molar-refractivity contribution in [3.8, 4) is 17.1 Å². The molecule has 0 amide bonds. The van der Waals surface area contributed by atoms with Gasteiger partial charge in [0.25, 0.3) is 5.43 Å². The number of aryl methyl sites for hydroxylation is 2. The van der Waals surface area contributed by atoms with Gasteiger partial charge in [-0.25, -0.2) is 0 Å². The van der Waals surface area contributed by atoms with Gasteiger partial charge in [-0.3, -0.25) is 19.0 Å². The van der Waals surface area contributed by atoms with Gasteiger partial charge in [-0.05, 0) is 24.3 Å². The van der Waals surface area contributed by atoms with E-state index in [1.165, 1.54) is 11.5 Å². The molecule has 0 aliphatic carbocycles. The van der Waals surface area contributed by atoms with Crippen LogP contribution in [-0.2, 0) is 13.0 Å². The quantitative estimate of drug-likeness (QED) is 0.341. The van der Waals surface area contributed by atoms with Crippen LogP contribution in [0.2, 0.25) is 0 Å². The maximum Gasteiger partial charge on any atom is 0.307 e. The highest BCUT2D eigenvalue weighted by molar-refractivity contribution is 6.09. The molecule has 7 rings (SSSR count). The Bertz CT molecular complexity index is 2070. The van der Waals surface area contributed by atoms with Gasteiger partial charge in [0.15, 0.2) is 5.75 Å². The number of rotatable bonds is 5. The van der Waals surface area contributed by atoms with Crippen molar-refractivity contribution >= 4 is 38.1 Å². The second-order valence-electron chi connectivity index (χ2n) is 9.04. The number of fused-ring (bicyclic) bond motifs is 6. The van der Waals surface area contributed by atoms with Crippen molar-refractivity contribution in [3.63, 3.8) is 0 Å². The van der Waals surface area contributed by atoms with Crippen molar-refractivity contribution in [3.05, 3.63) is 99.3 Å². The molecule has 0 spiro atoms. The van der Waals surface area contributed by atoms with Crippen molar-refractivity contribution < 1.29 is 9.57 Å². The number of pyridine rings is 3. The maximum atomic E-state index is 13.1. The van der Waals surface area contributed by atoms with E-state index in [9.17, 15) is 9.59 Å². The lowest BCUT2D eigenvalue weighted by Crippen LogP contribution is -2.33. The first-order valence-electron chi connectivity index (χ1n) is 12.0. The first-order valence-corrected chi connectivity index (χ1v) is 12.0. The van der Waals surface area contributed by atoms with Gasteiger partial charge in [-0.15, -0.1) is 0 Å². The molecule has 0 saturated carbocycles. The zero-order chi connectivity index (χ0) is 25.3. The van der Waals surface area contributed by atoms with E-state index in [-0.39, 0.29) is 5.75 Å². The van der Waals surface area contributed by atoms with Crippen molar-refractivity contribution in [2.45, 2.75) is 13.0 Å². The zero-order valence-corrected chi connectivity index (χ0v) is 20.3. The van der Waals surface area contributed by atoms with Crippen LogP contribution in [0.4, 0.5) is 0 Å². The number of ether oxygens (including phenoxy) is 1. The minimum atomic E-state index is -0.655. The van der Waals surface area contributed by atoms with Crippen LogP contribution < -0.4 is 20.6 Å². The van der Waals surface area contributed by atoms with Gasteiger partial charge >= 0.3 is 5.56 Å². The molecular formula is C29H22N4O4. The molecule has 0 saturated heterocycles. The maximum absolute atomic E-state index is 13.1. The second-order valence-corrected chi connectivity index (χ2v) is 9.04. The van der Waals surface area contributed by atoms with Crippen LogP contribution in [0, 0.1) is 0 Å². The number of hydrogen-bond donors (Lipinski definition) is 0. The number of nitrogens with zero attached hydrogens (tertiary/aromatic N) is 4. The smallest absolute Gasteiger partial charge is 0.307 e. The van der Waals surface area contributed by atoms with E-state index in [0.717, 1.165) is 38.3 Å². The van der Waals surface area contributed by atoms with E-state index in [1.807, 2.05) is 76.3 Å². The van der Waals surface area contributed by atoms with E-state index in [4.69, 9.17) is 14.6 Å². The molecular weight excluding hydrogens is 468 g/mol. The molecule has 0 bridgehead atoms. The topological polar surface area (TPSA) is 79.8 Å². The Kier molecular flexibility index (Phi) is 4.53. The SMILES string of the molecule is COc1c2n(CCc3nccc4c5ccccc5n(OC)c34)ccc3c-2n(c(=O)c1=O)c1ccccc31. The third-order valence-corrected chi connectivity index (χ3v) is 7.26. The summed E-state index contributed by atoms with van der Waals surface area (Å²) in [5.41, 5.74) is 3.48. The predicted molar refractivity (Wildman–Crippen MR) is 143 cm³/mol. The normalized spacial score (nSPS) is 11.9. The molecule has 0 atom stereocenters. The van der Waals surface area contributed by atoms with E-state index in [1.54, 1.807) is 7.11 Å². The standard InChI is InChI=1S/C29H22N4O4/c1-36-28-26-25-20(17-7-3-5-9-22(17)32(25)29(35)27(28)34)12-15-31(26)16-13-21-24-19(11-14-30-21)18-8-4-6-10-23(18)33(24)37-2/h3-12,14-15H,13,16H2,1-2H3. The predicted octanol–water partition coefficient (Wildman–Crippen LogP) is 3.97. The fourth-order valence-corrected chi connectivity index (χ4v) is 5.71. The van der Waals surface area contributed by atoms with Crippen molar-refractivity contribution in [1.82, 2.24) is 18.7 Å². The average molecular weight is 491 g/mol. The molecule has 0 unspecified atom stereocenters. The highest BCUT2D eigenvalue weighted by Crippen LogP contribution is 2.38. The van der Waals surface area contributed by atoms with Gasteiger partial charge in [0.05, 0.1) is 29.5 Å². The van der Waals surface area contributed by atoms with Crippen LogP contribution in [0.1, 0.15) is 5.69 Å². The Labute approximate surface area is 210 Å². The third kappa shape index (κ3) is 2.80. The Hall–Kier alpha value is -4.85. The van der Waals surface area contributed by atoms with Gasteiger partial charge in [0, 0.05) is 46.9 Å². The Morgan fingerprint density at radius 3 is 2.30 bits per heavy atom. The fourth-order valence-electron chi connectivity index (χ4n) is 5.71. The highest BCUT2D eigenvalue weighted by atomic mass is 16.6. The summed E-state index contributed by atoms with van der Waals surface area (Å²) in [6, 6.07) is 19.7. The molecule has 0 fully saturated rings. The summed E-state index contributed by atoms with van der Waals surface area (Å²) >= 11 is 0. The molecule has 2 aromatic carbocycles. The number of benzene rings is 2. The summed E-state index contributed by atoms with van der Waals surface area (Å²) < 4.78 is 10.8. The highest BCUT2D eigenvalue weighted by Gasteiger charge is 2.27. The van der Waals surface area contributed by atoms with Gasteiger partial charge < -0.3 is 14.1 Å². The first kappa shape index (κ1) is 21.4. The number of para-hydroxylation sites is 2. The van der Waals surface area contributed by atoms with Crippen molar-refractivity contribution in [1.29, 1.82) is 0 Å². The molecule has 5 heterocycles. The molecule has 37 heavy (non-hydrogen) atoms. The summed E-state index contributed by atoms with van der Waals surface area (Å²) in [6.45, 7) is 0.512. The monoisotopic (exact) mass is 490 g/mol. The molecule has 5 aromatic rings. The van der Waals surface area contributed by atoms with Gasteiger partial charge in [0.1, 0.15) is 18.3 Å². The Morgan fingerprint density at radius 2 is 1.54 bits per heavy atom. The number of hydrogen-bond acceptors (Lipinski definition) is 5. The summed E-state index contributed by atoms with van der Waals surface area (Å²) in [7, 11) is 3.08. The molecule has 0 radical (unpaired) electrons. The number of methoxy groups -OCH3 is 1. The fraction of sp³-hybridized carbons (Fsp3) is 0.138. The minimum Gasteiger partial charge on any atom is -0.491 e. The second kappa shape index (κ2) is 7.83. The Morgan fingerprint density at radius 1 is 0.811 bits per heavy atom.